The minimum absolute atomic E-state index is 0.364. The number of pyridine rings is 1. The molecule has 20 heavy (non-hydrogen) atoms. The van der Waals surface area contributed by atoms with Crippen molar-refractivity contribution in [2.75, 3.05) is 20.1 Å². The summed E-state index contributed by atoms with van der Waals surface area (Å²) in [5.41, 5.74) is 1.12. The van der Waals surface area contributed by atoms with Crippen molar-refractivity contribution in [1.82, 2.24) is 15.2 Å². The molecule has 112 valence electrons. The monoisotopic (exact) mass is 277 g/mol. The first-order chi connectivity index (χ1) is 9.63. The Labute approximate surface area is 122 Å². The zero-order valence-corrected chi connectivity index (χ0v) is 12.9. The molecule has 1 aromatic rings. The van der Waals surface area contributed by atoms with E-state index in [1.165, 1.54) is 6.42 Å². The molecule has 0 saturated carbocycles. The molecule has 0 spiro atoms. The van der Waals surface area contributed by atoms with Crippen LogP contribution in [0, 0.1) is 0 Å². The van der Waals surface area contributed by atoms with Gasteiger partial charge in [-0.3, -0.25) is 9.88 Å². The Morgan fingerprint density at radius 1 is 1.35 bits per heavy atom. The molecule has 2 unspecified atom stereocenters. The highest BCUT2D eigenvalue weighted by Gasteiger charge is 2.25. The third kappa shape index (κ3) is 5.19. The number of nitrogens with zero attached hydrogens (tertiary/aromatic N) is 2. The summed E-state index contributed by atoms with van der Waals surface area (Å²) in [5, 5.41) is 3.45. The molecule has 2 rings (SSSR count). The Morgan fingerprint density at radius 3 is 2.85 bits per heavy atom. The maximum absolute atomic E-state index is 6.10. The second-order valence-electron chi connectivity index (χ2n) is 6.04. The van der Waals surface area contributed by atoms with Crippen LogP contribution >= 0.6 is 0 Å². The van der Waals surface area contributed by atoms with Gasteiger partial charge in [0.05, 0.1) is 17.9 Å². The highest BCUT2D eigenvalue weighted by atomic mass is 16.5. The van der Waals surface area contributed by atoms with Gasteiger partial charge < -0.3 is 10.1 Å². The van der Waals surface area contributed by atoms with Crippen LogP contribution in [0.25, 0.3) is 0 Å². The molecule has 0 amide bonds. The topological polar surface area (TPSA) is 37.4 Å². The lowest BCUT2D eigenvalue weighted by atomic mass is 10.2. The summed E-state index contributed by atoms with van der Waals surface area (Å²) in [6.07, 6.45) is 4.93. The molecule has 0 radical (unpaired) electrons. The van der Waals surface area contributed by atoms with Crippen molar-refractivity contribution in [3.63, 3.8) is 0 Å². The molecule has 4 heteroatoms. The molecule has 1 saturated heterocycles. The number of hydrogen-bond acceptors (Lipinski definition) is 4. The van der Waals surface area contributed by atoms with E-state index in [-0.39, 0.29) is 0 Å². The van der Waals surface area contributed by atoms with E-state index in [0.717, 1.165) is 31.7 Å². The summed E-state index contributed by atoms with van der Waals surface area (Å²) in [6, 6.07) is 6.59. The van der Waals surface area contributed by atoms with Gasteiger partial charge in [-0.2, -0.15) is 0 Å². The minimum Gasteiger partial charge on any atom is -0.372 e. The van der Waals surface area contributed by atoms with Crippen molar-refractivity contribution in [3.8, 4) is 0 Å². The van der Waals surface area contributed by atoms with E-state index in [4.69, 9.17) is 4.74 Å². The number of rotatable bonds is 7. The van der Waals surface area contributed by atoms with Gasteiger partial charge in [-0.1, -0.05) is 19.9 Å². The first-order valence-electron chi connectivity index (χ1n) is 7.61. The van der Waals surface area contributed by atoms with E-state index in [0.29, 0.717) is 18.2 Å². The maximum atomic E-state index is 6.10. The summed E-state index contributed by atoms with van der Waals surface area (Å²) in [4.78, 5) is 6.66. The van der Waals surface area contributed by atoms with Gasteiger partial charge in [-0.25, -0.2) is 0 Å². The second kappa shape index (κ2) is 7.72. The van der Waals surface area contributed by atoms with Crippen LogP contribution in [-0.2, 0) is 11.3 Å². The number of hydrogen-bond donors (Lipinski definition) is 1. The van der Waals surface area contributed by atoms with Crippen molar-refractivity contribution >= 4 is 0 Å². The molecule has 4 nitrogen and oxygen atoms in total. The number of likely N-dealkylation sites (N-methyl/N-ethyl adjacent to an activating group) is 1. The van der Waals surface area contributed by atoms with E-state index in [2.05, 4.69) is 42.2 Å². The molecule has 0 bridgehead atoms. The van der Waals surface area contributed by atoms with Gasteiger partial charge in [0.1, 0.15) is 0 Å². The number of aromatic nitrogens is 1. The summed E-state index contributed by atoms with van der Waals surface area (Å²) in [5.74, 6) is 0. The van der Waals surface area contributed by atoms with E-state index in [1.54, 1.807) is 0 Å². The Morgan fingerprint density at radius 2 is 2.15 bits per heavy atom. The van der Waals surface area contributed by atoms with E-state index in [9.17, 15) is 0 Å². The van der Waals surface area contributed by atoms with E-state index in [1.807, 2.05) is 18.3 Å². The third-order valence-corrected chi connectivity index (χ3v) is 3.62. The Bertz CT molecular complexity index is 383. The van der Waals surface area contributed by atoms with Gasteiger partial charge in [0, 0.05) is 31.9 Å². The second-order valence-corrected chi connectivity index (χ2v) is 6.04. The van der Waals surface area contributed by atoms with Crippen LogP contribution in [0.15, 0.2) is 24.4 Å². The largest absolute Gasteiger partial charge is 0.372 e. The summed E-state index contributed by atoms with van der Waals surface area (Å²) < 4.78 is 6.10. The fraction of sp³-hybridized carbons (Fsp3) is 0.688. The van der Waals surface area contributed by atoms with Crippen LogP contribution in [0.2, 0.25) is 0 Å². The normalized spacial score (nSPS) is 22.9. The molecule has 2 atom stereocenters. The van der Waals surface area contributed by atoms with Crippen molar-refractivity contribution in [2.24, 2.45) is 0 Å². The predicted octanol–water partition coefficient (Wildman–Crippen LogP) is 2.06. The first kappa shape index (κ1) is 15.4. The fourth-order valence-electron chi connectivity index (χ4n) is 2.61. The van der Waals surface area contributed by atoms with Crippen molar-refractivity contribution in [1.29, 1.82) is 0 Å². The van der Waals surface area contributed by atoms with Crippen molar-refractivity contribution in [3.05, 3.63) is 30.1 Å². The van der Waals surface area contributed by atoms with Gasteiger partial charge >= 0.3 is 0 Å². The Balaban J connectivity index is 1.69. The zero-order valence-electron chi connectivity index (χ0n) is 12.9. The average molecular weight is 277 g/mol. The van der Waals surface area contributed by atoms with Gasteiger partial charge in [0.25, 0.3) is 0 Å². The molecule has 2 heterocycles. The van der Waals surface area contributed by atoms with Gasteiger partial charge in [-0.15, -0.1) is 0 Å². The SMILES string of the molecule is CC(C)NCC1CCC(CN(C)Cc2ccccn2)O1. The highest BCUT2D eigenvalue weighted by Crippen LogP contribution is 2.20. The Hall–Kier alpha value is -0.970. The summed E-state index contributed by atoms with van der Waals surface area (Å²) in [6.45, 7) is 7.18. The quantitative estimate of drug-likeness (QED) is 0.828. The van der Waals surface area contributed by atoms with Crippen LogP contribution in [0.1, 0.15) is 32.4 Å². The van der Waals surface area contributed by atoms with Crippen LogP contribution < -0.4 is 5.32 Å². The van der Waals surface area contributed by atoms with E-state index < -0.39 is 0 Å². The van der Waals surface area contributed by atoms with Gasteiger partial charge in [0.2, 0.25) is 0 Å². The van der Waals surface area contributed by atoms with Crippen molar-refractivity contribution < 1.29 is 4.74 Å². The highest BCUT2D eigenvalue weighted by molar-refractivity contribution is 5.03. The van der Waals surface area contributed by atoms with Crippen LogP contribution in [-0.4, -0.2) is 48.3 Å². The summed E-state index contributed by atoms with van der Waals surface area (Å²) in [7, 11) is 2.14. The van der Waals surface area contributed by atoms with Crippen LogP contribution in [0.3, 0.4) is 0 Å². The molecule has 1 N–H and O–H groups in total. The number of ether oxygens (including phenoxy) is 1. The Kier molecular flexibility index (Phi) is 5.95. The summed E-state index contributed by atoms with van der Waals surface area (Å²) >= 11 is 0. The smallest absolute Gasteiger partial charge is 0.0707 e. The molecular weight excluding hydrogens is 250 g/mol. The lowest BCUT2D eigenvalue weighted by Crippen LogP contribution is -2.34. The molecule has 1 fully saturated rings. The van der Waals surface area contributed by atoms with Crippen molar-refractivity contribution in [2.45, 2.75) is 51.5 Å². The first-order valence-corrected chi connectivity index (χ1v) is 7.61. The standard InChI is InChI=1S/C16H27N3O/c1-13(2)18-10-15-7-8-16(20-15)12-19(3)11-14-6-4-5-9-17-14/h4-6,9,13,15-16,18H,7-8,10-12H2,1-3H3. The molecule has 0 aliphatic carbocycles. The average Bonchev–Trinajstić information content (AvgIpc) is 2.85. The van der Waals surface area contributed by atoms with Gasteiger partial charge in [-0.05, 0) is 32.0 Å². The van der Waals surface area contributed by atoms with Crippen LogP contribution in [0.5, 0.6) is 0 Å². The predicted molar refractivity (Wildman–Crippen MR) is 81.6 cm³/mol. The van der Waals surface area contributed by atoms with E-state index >= 15 is 0 Å². The molecule has 0 aromatic carbocycles. The molecular formula is C16H27N3O. The maximum Gasteiger partial charge on any atom is 0.0707 e. The lowest BCUT2D eigenvalue weighted by Gasteiger charge is -2.21. The molecule has 1 aliphatic rings. The molecule has 1 aromatic heterocycles. The number of nitrogens with one attached hydrogen (secondary N) is 1. The molecule has 1 aliphatic heterocycles. The minimum atomic E-state index is 0.364. The van der Waals surface area contributed by atoms with Crippen LogP contribution in [0.4, 0.5) is 0 Å². The fourth-order valence-corrected chi connectivity index (χ4v) is 2.61. The zero-order chi connectivity index (χ0) is 14.4. The lowest BCUT2D eigenvalue weighted by molar-refractivity contribution is 0.0258. The van der Waals surface area contributed by atoms with Gasteiger partial charge in [0.15, 0.2) is 0 Å². The third-order valence-electron chi connectivity index (χ3n) is 3.62.